The molecule has 1 heterocycles. The van der Waals surface area contributed by atoms with Crippen molar-refractivity contribution in [2.24, 2.45) is 10.4 Å². The summed E-state index contributed by atoms with van der Waals surface area (Å²) in [6.45, 7) is 8.43. The number of nitrogens with one attached hydrogen (secondary N) is 2. The summed E-state index contributed by atoms with van der Waals surface area (Å²) in [6.07, 6.45) is 4.62. The third-order valence-electron chi connectivity index (χ3n) is 6.69. The highest BCUT2D eigenvalue weighted by Gasteiger charge is 2.42. The highest BCUT2D eigenvalue weighted by Crippen LogP contribution is 2.38. The molecular formula is C25H41N5O2. The number of morpholine rings is 1. The van der Waals surface area contributed by atoms with Gasteiger partial charge in [-0.05, 0) is 37.8 Å². The van der Waals surface area contributed by atoms with E-state index in [0.717, 1.165) is 51.3 Å². The minimum absolute atomic E-state index is 0.220. The quantitative estimate of drug-likeness (QED) is 0.501. The molecular weight excluding hydrogens is 402 g/mol. The predicted molar refractivity (Wildman–Crippen MR) is 130 cm³/mol. The van der Waals surface area contributed by atoms with Crippen LogP contribution in [0, 0.1) is 5.41 Å². The van der Waals surface area contributed by atoms with Gasteiger partial charge >= 0.3 is 0 Å². The molecule has 1 saturated carbocycles. The van der Waals surface area contributed by atoms with E-state index in [1.165, 1.54) is 11.1 Å². The van der Waals surface area contributed by atoms with Crippen molar-refractivity contribution >= 4 is 11.9 Å². The number of guanidine groups is 1. The lowest BCUT2D eigenvalue weighted by molar-refractivity contribution is -0.138. The highest BCUT2D eigenvalue weighted by molar-refractivity contribution is 5.85. The smallest absolute Gasteiger partial charge is 0.230 e. The Balaban J connectivity index is 1.59. The molecule has 1 aliphatic heterocycles. The predicted octanol–water partition coefficient (Wildman–Crippen LogP) is 2.61. The zero-order valence-electron chi connectivity index (χ0n) is 20.5. The number of hydrogen-bond acceptors (Lipinski definition) is 4. The molecule has 1 amide bonds. The second kappa shape index (κ2) is 11.1. The number of ether oxygens (including phenoxy) is 1. The summed E-state index contributed by atoms with van der Waals surface area (Å²) in [5.41, 5.74) is 2.27. The molecule has 2 aliphatic rings. The van der Waals surface area contributed by atoms with Crippen LogP contribution < -0.4 is 10.6 Å². The van der Waals surface area contributed by atoms with Gasteiger partial charge in [0.2, 0.25) is 5.91 Å². The van der Waals surface area contributed by atoms with Crippen LogP contribution in [0.15, 0.2) is 29.3 Å². The molecule has 1 saturated heterocycles. The van der Waals surface area contributed by atoms with Crippen LogP contribution in [-0.4, -0.2) is 74.7 Å². The average Bonchev–Trinajstić information content (AvgIpc) is 3.23. The molecule has 3 rings (SSSR count). The van der Waals surface area contributed by atoms with Crippen molar-refractivity contribution in [1.82, 2.24) is 20.4 Å². The minimum atomic E-state index is -0.317. The van der Waals surface area contributed by atoms with E-state index < -0.39 is 0 Å². The Bertz CT molecular complexity index is 778. The van der Waals surface area contributed by atoms with Crippen molar-refractivity contribution < 1.29 is 9.53 Å². The van der Waals surface area contributed by atoms with Gasteiger partial charge < -0.3 is 20.3 Å². The fourth-order valence-corrected chi connectivity index (χ4v) is 5.18. The van der Waals surface area contributed by atoms with E-state index in [1.54, 1.807) is 11.9 Å². The normalized spacial score (nSPS) is 23.7. The van der Waals surface area contributed by atoms with Crippen LogP contribution in [0.25, 0.3) is 0 Å². The molecule has 0 aromatic heterocycles. The summed E-state index contributed by atoms with van der Waals surface area (Å²) in [7, 11) is 5.48. The Hall–Kier alpha value is -2.12. The van der Waals surface area contributed by atoms with Crippen LogP contribution >= 0.6 is 0 Å². The number of benzene rings is 1. The molecule has 1 aromatic rings. The number of carbonyl (C=O) groups excluding carboxylic acids is 1. The fraction of sp³-hybridized carbons (Fsp3) is 0.680. The van der Waals surface area contributed by atoms with E-state index in [1.807, 2.05) is 14.1 Å². The average molecular weight is 444 g/mol. The molecule has 2 atom stereocenters. The molecule has 1 aromatic carbocycles. The van der Waals surface area contributed by atoms with E-state index in [2.05, 4.69) is 58.6 Å². The van der Waals surface area contributed by atoms with E-state index in [-0.39, 0.29) is 23.5 Å². The molecule has 0 radical (unpaired) electrons. The molecule has 178 valence electrons. The number of amides is 1. The summed E-state index contributed by atoms with van der Waals surface area (Å²) in [4.78, 5) is 21.4. The Kier molecular flexibility index (Phi) is 8.54. The molecule has 1 aliphatic carbocycles. The summed E-state index contributed by atoms with van der Waals surface area (Å²) < 4.78 is 5.88. The largest absolute Gasteiger partial charge is 0.373 e. The van der Waals surface area contributed by atoms with E-state index >= 15 is 0 Å². The van der Waals surface area contributed by atoms with Crippen molar-refractivity contribution in [3.8, 4) is 0 Å². The van der Waals surface area contributed by atoms with Crippen LogP contribution in [0.2, 0.25) is 0 Å². The Morgan fingerprint density at radius 1 is 1.12 bits per heavy atom. The minimum Gasteiger partial charge on any atom is -0.373 e. The van der Waals surface area contributed by atoms with Gasteiger partial charge in [-0.15, -0.1) is 0 Å². The second-order valence-corrected chi connectivity index (χ2v) is 9.69. The molecule has 2 fully saturated rings. The van der Waals surface area contributed by atoms with Gasteiger partial charge in [-0.25, -0.2) is 0 Å². The summed E-state index contributed by atoms with van der Waals surface area (Å²) in [5, 5.41) is 6.90. The second-order valence-electron chi connectivity index (χ2n) is 9.69. The maximum Gasteiger partial charge on any atom is 0.230 e. The molecule has 2 unspecified atom stereocenters. The zero-order chi connectivity index (χ0) is 23.1. The lowest BCUT2D eigenvalue weighted by atomic mass is 9.84. The first kappa shape index (κ1) is 24.5. The lowest BCUT2D eigenvalue weighted by Crippen LogP contribution is -2.49. The highest BCUT2D eigenvalue weighted by atomic mass is 16.5. The Morgan fingerprint density at radius 2 is 1.75 bits per heavy atom. The van der Waals surface area contributed by atoms with E-state index in [4.69, 9.17) is 4.74 Å². The maximum atomic E-state index is 12.8. The zero-order valence-corrected chi connectivity index (χ0v) is 20.5. The molecule has 0 bridgehead atoms. The number of hydrogen-bond donors (Lipinski definition) is 2. The number of carbonyl (C=O) groups is 1. The molecule has 2 N–H and O–H groups in total. The van der Waals surface area contributed by atoms with Crippen LogP contribution in [0.4, 0.5) is 0 Å². The standard InChI is InChI=1S/C25H41N5O2/c1-19-15-30(16-20(2)32-19)17-22-11-7-6-10-21(22)14-27-24(26-3)28-18-25(12-8-9-13-25)23(31)29(4)5/h6-7,10-11,19-20H,8-9,12-18H2,1-5H3,(H2,26,27,28). The first-order chi connectivity index (χ1) is 15.3. The SMILES string of the molecule is CN=C(NCc1ccccc1CN1CC(C)OC(C)C1)NCC1(C(=O)N(C)C)CCCC1. The van der Waals surface area contributed by atoms with Gasteiger partial charge in [0.25, 0.3) is 0 Å². The van der Waals surface area contributed by atoms with Gasteiger partial charge in [0.15, 0.2) is 5.96 Å². The van der Waals surface area contributed by atoms with Crippen molar-refractivity contribution in [2.45, 2.75) is 64.8 Å². The monoisotopic (exact) mass is 443 g/mol. The Labute approximate surface area is 193 Å². The topological polar surface area (TPSA) is 69.2 Å². The Morgan fingerprint density at radius 3 is 2.34 bits per heavy atom. The lowest BCUT2D eigenvalue weighted by Gasteiger charge is -2.35. The molecule has 32 heavy (non-hydrogen) atoms. The summed E-state index contributed by atoms with van der Waals surface area (Å²) >= 11 is 0. The van der Waals surface area contributed by atoms with Crippen molar-refractivity contribution in [1.29, 1.82) is 0 Å². The van der Waals surface area contributed by atoms with Gasteiger partial charge in [0.05, 0.1) is 17.6 Å². The third-order valence-corrected chi connectivity index (χ3v) is 6.69. The van der Waals surface area contributed by atoms with Crippen LogP contribution in [0.3, 0.4) is 0 Å². The first-order valence-corrected chi connectivity index (χ1v) is 11.9. The number of rotatable bonds is 7. The number of aliphatic imine (C=N–C) groups is 1. The first-order valence-electron chi connectivity index (χ1n) is 11.9. The van der Waals surface area contributed by atoms with E-state index in [9.17, 15) is 4.79 Å². The van der Waals surface area contributed by atoms with Gasteiger partial charge in [0, 0.05) is 53.9 Å². The van der Waals surface area contributed by atoms with Gasteiger partial charge in [-0.3, -0.25) is 14.7 Å². The van der Waals surface area contributed by atoms with Crippen LogP contribution in [0.1, 0.15) is 50.7 Å². The molecule has 0 spiro atoms. The van der Waals surface area contributed by atoms with Crippen LogP contribution in [-0.2, 0) is 22.6 Å². The van der Waals surface area contributed by atoms with Crippen molar-refractivity contribution in [2.75, 3.05) is 40.8 Å². The molecule has 7 nitrogen and oxygen atoms in total. The van der Waals surface area contributed by atoms with Crippen molar-refractivity contribution in [3.63, 3.8) is 0 Å². The summed E-state index contributed by atoms with van der Waals surface area (Å²) in [5.74, 6) is 0.962. The van der Waals surface area contributed by atoms with Crippen LogP contribution in [0.5, 0.6) is 0 Å². The van der Waals surface area contributed by atoms with Gasteiger partial charge in [-0.2, -0.15) is 0 Å². The van der Waals surface area contributed by atoms with Crippen molar-refractivity contribution in [3.05, 3.63) is 35.4 Å². The number of nitrogens with zero attached hydrogens (tertiary/aromatic N) is 3. The third kappa shape index (κ3) is 6.23. The maximum absolute atomic E-state index is 12.8. The fourth-order valence-electron chi connectivity index (χ4n) is 5.18. The molecule has 7 heteroatoms. The van der Waals surface area contributed by atoms with E-state index in [0.29, 0.717) is 13.1 Å². The van der Waals surface area contributed by atoms with Gasteiger partial charge in [0.1, 0.15) is 0 Å². The van der Waals surface area contributed by atoms with Gasteiger partial charge in [-0.1, -0.05) is 37.1 Å². The summed E-state index contributed by atoms with van der Waals surface area (Å²) in [6, 6.07) is 8.58.